The first-order valence-corrected chi connectivity index (χ1v) is 14.4. The molecule has 1 aliphatic heterocycles. The van der Waals surface area contributed by atoms with Crippen molar-refractivity contribution in [2.75, 3.05) is 30.9 Å². The number of nitrogens with zero attached hydrogens (tertiary/aromatic N) is 3. The van der Waals surface area contributed by atoms with E-state index in [1.54, 1.807) is 79.9 Å². The Bertz CT molecular complexity index is 1780. The van der Waals surface area contributed by atoms with Gasteiger partial charge in [0.05, 0.1) is 31.1 Å². The Hall–Kier alpha value is -5.95. The van der Waals surface area contributed by atoms with E-state index in [2.05, 4.69) is 15.7 Å². The van der Waals surface area contributed by atoms with Gasteiger partial charge in [-0.1, -0.05) is 0 Å². The third-order valence-corrected chi connectivity index (χ3v) is 7.13. The quantitative estimate of drug-likeness (QED) is 0.238. The van der Waals surface area contributed by atoms with Crippen LogP contribution in [0.3, 0.4) is 0 Å². The van der Waals surface area contributed by atoms with Gasteiger partial charge >= 0.3 is 0 Å². The Kier molecular flexibility index (Phi) is 9.50. The monoisotopic (exact) mass is 601 g/mol. The molecule has 0 saturated heterocycles. The highest BCUT2D eigenvalue weighted by Crippen LogP contribution is 2.30. The maximum atomic E-state index is 13.3. The molecule has 3 amide bonds. The van der Waals surface area contributed by atoms with Gasteiger partial charge in [0.15, 0.2) is 11.5 Å². The predicted octanol–water partition coefficient (Wildman–Crippen LogP) is 6.11. The standard InChI is InChI=1S/C35H31N5O5/c1-3-45-32-21-27(14-19-31(32)44-2)30-5-4-20-40(39-30)35(43)26-12-17-29(18-13-26)38-34(42)25-10-15-28(16-11-25)37-33(41)24-8-6-23(22-36)7-9-24/h6-19,21H,3-5,20H2,1-2H3,(H,37,41)(H,38,42). The van der Waals surface area contributed by atoms with Gasteiger partial charge in [0.1, 0.15) is 0 Å². The molecule has 0 saturated carbocycles. The number of hydrogen-bond donors (Lipinski definition) is 2. The van der Waals surface area contributed by atoms with Crippen molar-refractivity contribution in [3.8, 4) is 17.6 Å². The molecule has 0 unspecified atom stereocenters. The van der Waals surface area contributed by atoms with Gasteiger partial charge in [0.25, 0.3) is 17.7 Å². The summed E-state index contributed by atoms with van der Waals surface area (Å²) in [4.78, 5) is 38.6. The number of carbonyl (C=O) groups is 3. The van der Waals surface area contributed by atoms with Gasteiger partial charge in [-0.05, 0) is 111 Å². The molecule has 1 heterocycles. The summed E-state index contributed by atoms with van der Waals surface area (Å²) in [5.74, 6) is 0.370. The number of methoxy groups -OCH3 is 1. The van der Waals surface area contributed by atoms with Gasteiger partial charge in [-0.25, -0.2) is 5.01 Å². The summed E-state index contributed by atoms with van der Waals surface area (Å²) in [6.45, 7) is 2.91. The van der Waals surface area contributed by atoms with Crippen molar-refractivity contribution in [3.05, 3.63) is 119 Å². The lowest BCUT2D eigenvalue weighted by Gasteiger charge is -2.24. The summed E-state index contributed by atoms with van der Waals surface area (Å²) in [6, 6.07) is 27.1. The smallest absolute Gasteiger partial charge is 0.273 e. The Labute approximate surface area is 260 Å². The highest BCUT2D eigenvalue weighted by atomic mass is 16.5. The first-order chi connectivity index (χ1) is 21.9. The van der Waals surface area contributed by atoms with Crippen LogP contribution in [0.1, 0.15) is 62.0 Å². The Morgan fingerprint density at radius 2 is 1.40 bits per heavy atom. The molecule has 4 aromatic carbocycles. The molecule has 1 aliphatic rings. The second-order valence-electron chi connectivity index (χ2n) is 10.1. The van der Waals surface area contributed by atoms with Crippen LogP contribution < -0.4 is 20.1 Å². The Balaban J connectivity index is 1.19. The third-order valence-electron chi connectivity index (χ3n) is 7.13. The van der Waals surface area contributed by atoms with Crippen LogP contribution in [-0.4, -0.2) is 48.7 Å². The molecular weight excluding hydrogens is 570 g/mol. The van der Waals surface area contributed by atoms with Crippen LogP contribution in [0.25, 0.3) is 0 Å². The predicted molar refractivity (Wildman–Crippen MR) is 171 cm³/mol. The van der Waals surface area contributed by atoms with Gasteiger partial charge in [-0.3, -0.25) is 14.4 Å². The highest BCUT2D eigenvalue weighted by molar-refractivity contribution is 6.07. The number of benzene rings is 4. The normalized spacial score (nSPS) is 12.4. The van der Waals surface area contributed by atoms with Crippen molar-refractivity contribution < 1.29 is 23.9 Å². The number of nitrogens with one attached hydrogen (secondary N) is 2. The number of hydrazone groups is 1. The van der Waals surface area contributed by atoms with Gasteiger partial charge in [-0.15, -0.1) is 0 Å². The SMILES string of the molecule is CCOc1cc(C2=NN(C(=O)c3ccc(NC(=O)c4ccc(NC(=O)c5ccc(C#N)cc5)cc4)cc3)CCC2)ccc1OC. The second kappa shape index (κ2) is 14.0. The topological polar surface area (TPSA) is 133 Å². The number of nitriles is 1. The molecule has 0 aromatic heterocycles. The first-order valence-electron chi connectivity index (χ1n) is 14.4. The summed E-state index contributed by atoms with van der Waals surface area (Å²) in [7, 11) is 1.59. The maximum absolute atomic E-state index is 13.3. The zero-order valence-electron chi connectivity index (χ0n) is 24.9. The molecule has 5 rings (SSSR count). The molecule has 4 aromatic rings. The third kappa shape index (κ3) is 7.35. The average Bonchev–Trinajstić information content (AvgIpc) is 3.08. The Morgan fingerprint density at radius 3 is 1.96 bits per heavy atom. The van der Waals surface area contributed by atoms with Gasteiger partial charge in [0.2, 0.25) is 0 Å². The fraction of sp³-hybridized carbons (Fsp3) is 0.171. The summed E-state index contributed by atoms with van der Waals surface area (Å²) >= 11 is 0. The van der Waals surface area contributed by atoms with Crippen LogP contribution in [0.5, 0.6) is 11.5 Å². The number of anilines is 2. The molecule has 10 nitrogen and oxygen atoms in total. The molecule has 45 heavy (non-hydrogen) atoms. The van der Waals surface area contributed by atoms with Crippen LogP contribution in [0.4, 0.5) is 11.4 Å². The van der Waals surface area contributed by atoms with E-state index in [1.165, 1.54) is 5.01 Å². The van der Waals surface area contributed by atoms with E-state index in [-0.39, 0.29) is 17.7 Å². The zero-order chi connectivity index (χ0) is 31.8. The van der Waals surface area contributed by atoms with Crippen molar-refractivity contribution in [1.82, 2.24) is 5.01 Å². The van der Waals surface area contributed by atoms with Gasteiger partial charge in [0, 0.05) is 40.2 Å². The molecule has 2 N–H and O–H groups in total. The molecule has 0 bridgehead atoms. The number of hydrogen-bond acceptors (Lipinski definition) is 7. The minimum absolute atomic E-state index is 0.234. The number of ether oxygens (including phenoxy) is 2. The molecule has 0 atom stereocenters. The van der Waals surface area contributed by atoms with E-state index in [1.807, 2.05) is 31.2 Å². The van der Waals surface area contributed by atoms with Crippen molar-refractivity contribution in [2.24, 2.45) is 5.10 Å². The highest BCUT2D eigenvalue weighted by Gasteiger charge is 2.22. The molecule has 0 aliphatic carbocycles. The molecular formula is C35H31N5O5. The second-order valence-corrected chi connectivity index (χ2v) is 10.1. The maximum Gasteiger partial charge on any atom is 0.273 e. The summed E-state index contributed by atoms with van der Waals surface area (Å²) in [5.41, 5.74) is 4.44. The van der Waals surface area contributed by atoms with E-state index < -0.39 is 0 Å². The summed E-state index contributed by atoms with van der Waals surface area (Å²) < 4.78 is 11.1. The van der Waals surface area contributed by atoms with Crippen LogP contribution >= 0.6 is 0 Å². The minimum atomic E-state index is -0.338. The lowest BCUT2D eigenvalue weighted by Crippen LogP contribution is -2.32. The fourth-order valence-electron chi connectivity index (χ4n) is 4.77. The lowest BCUT2D eigenvalue weighted by molar-refractivity contribution is 0.0751. The van der Waals surface area contributed by atoms with E-state index in [9.17, 15) is 14.4 Å². The molecule has 0 fully saturated rings. The molecule has 0 radical (unpaired) electrons. The fourth-order valence-corrected chi connectivity index (χ4v) is 4.77. The van der Waals surface area contributed by atoms with Crippen LogP contribution in [0.15, 0.2) is 96.1 Å². The number of carbonyl (C=O) groups excluding carboxylic acids is 3. The minimum Gasteiger partial charge on any atom is -0.493 e. The largest absolute Gasteiger partial charge is 0.493 e. The Morgan fingerprint density at radius 1 is 0.822 bits per heavy atom. The molecule has 0 spiro atoms. The van der Waals surface area contributed by atoms with Crippen molar-refractivity contribution in [3.63, 3.8) is 0 Å². The average molecular weight is 602 g/mol. The molecule has 10 heteroatoms. The van der Waals surface area contributed by atoms with E-state index >= 15 is 0 Å². The zero-order valence-corrected chi connectivity index (χ0v) is 24.9. The van der Waals surface area contributed by atoms with Gasteiger partial charge in [-0.2, -0.15) is 10.4 Å². The van der Waals surface area contributed by atoms with Crippen LogP contribution in [0.2, 0.25) is 0 Å². The summed E-state index contributed by atoms with van der Waals surface area (Å²) in [5, 5.41) is 20.6. The number of amides is 3. The van der Waals surface area contributed by atoms with Crippen molar-refractivity contribution >= 4 is 34.8 Å². The number of rotatable bonds is 9. The summed E-state index contributed by atoms with van der Waals surface area (Å²) in [6.07, 6.45) is 1.50. The van der Waals surface area contributed by atoms with Crippen molar-refractivity contribution in [1.29, 1.82) is 5.26 Å². The molecule has 226 valence electrons. The van der Waals surface area contributed by atoms with Crippen molar-refractivity contribution in [2.45, 2.75) is 19.8 Å². The van der Waals surface area contributed by atoms with E-state index in [0.717, 1.165) is 24.1 Å². The van der Waals surface area contributed by atoms with E-state index in [4.69, 9.17) is 14.7 Å². The first kappa shape index (κ1) is 30.5. The van der Waals surface area contributed by atoms with Gasteiger partial charge < -0.3 is 20.1 Å². The van der Waals surface area contributed by atoms with Crippen LogP contribution in [-0.2, 0) is 0 Å². The van der Waals surface area contributed by atoms with Crippen LogP contribution in [0, 0.1) is 11.3 Å². The lowest BCUT2D eigenvalue weighted by atomic mass is 10.0. The van der Waals surface area contributed by atoms with E-state index in [0.29, 0.717) is 58.3 Å².